The van der Waals surface area contributed by atoms with Crippen molar-refractivity contribution in [3.05, 3.63) is 54.4 Å². The van der Waals surface area contributed by atoms with Crippen molar-refractivity contribution in [3.8, 4) is 11.1 Å². The summed E-state index contributed by atoms with van der Waals surface area (Å²) in [5.74, 6) is -0.308. The van der Waals surface area contributed by atoms with Crippen molar-refractivity contribution < 1.29 is 19.4 Å². The molecule has 0 unspecified atom stereocenters. The van der Waals surface area contributed by atoms with E-state index in [0.29, 0.717) is 6.54 Å². The molecule has 1 aromatic heterocycles. The molecule has 2 saturated heterocycles. The lowest BCUT2D eigenvalue weighted by atomic mass is 9.73. The standard InChI is InChI=1S/C21H23N3O4/c1-28-13-20(27)23-10-17-21(18(12-25)24(17)19(26)11-23)16-4-2-14(3-5-16)15-6-8-22-9-7-15/h2-9,17-18,21,25H,10-13H2,1H3/t17-,18+,21+/m0/s1. The summed E-state index contributed by atoms with van der Waals surface area (Å²) in [6.07, 6.45) is 3.52. The average molecular weight is 381 g/mol. The van der Waals surface area contributed by atoms with Crippen molar-refractivity contribution in [2.45, 2.75) is 18.0 Å². The predicted molar refractivity (Wildman–Crippen MR) is 102 cm³/mol. The number of fused-ring (bicyclic) bond motifs is 1. The zero-order valence-corrected chi connectivity index (χ0v) is 15.7. The van der Waals surface area contributed by atoms with Gasteiger partial charge in [-0.2, -0.15) is 0 Å². The fraction of sp³-hybridized carbons (Fsp3) is 0.381. The summed E-state index contributed by atoms with van der Waals surface area (Å²) in [5.41, 5.74) is 3.23. The zero-order chi connectivity index (χ0) is 19.7. The van der Waals surface area contributed by atoms with Crippen LogP contribution >= 0.6 is 0 Å². The largest absolute Gasteiger partial charge is 0.394 e. The van der Waals surface area contributed by atoms with Crippen LogP contribution in [0.4, 0.5) is 0 Å². The molecule has 28 heavy (non-hydrogen) atoms. The highest BCUT2D eigenvalue weighted by atomic mass is 16.5. The lowest BCUT2D eigenvalue weighted by molar-refractivity contribution is -0.168. The van der Waals surface area contributed by atoms with Crippen LogP contribution in [-0.2, 0) is 14.3 Å². The highest BCUT2D eigenvalue weighted by molar-refractivity contribution is 5.88. The molecule has 146 valence electrons. The zero-order valence-electron chi connectivity index (χ0n) is 15.7. The molecule has 1 N–H and O–H groups in total. The number of nitrogens with zero attached hydrogens (tertiary/aromatic N) is 3. The van der Waals surface area contributed by atoms with Crippen LogP contribution in [0.25, 0.3) is 11.1 Å². The number of piperazine rings is 1. The SMILES string of the molecule is COCC(=O)N1CC(=O)N2[C@H](CO)[C@H](c3ccc(-c4ccncc4)cc3)[C@@H]2C1. The molecule has 3 atom stereocenters. The van der Waals surface area contributed by atoms with E-state index in [9.17, 15) is 14.7 Å². The Morgan fingerprint density at radius 1 is 1.18 bits per heavy atom. The molecule has 7 heteroatoms. The second-order valence-electron chi connectivity index (χ2n) is 7.21. The molecule has 0 bridgehead atoms. The van der Waals surface area contributed by atoms with E-state index in [1.54, 1.807) is 22.2 Å². The number of aromatic nitrogens is 1. The second-order valence-corrected chi connectivity index (χ2v) is 7.21. The highest BCUT2D eigenvalue weighted by Crippen LogP contribution is 2.43. The first-order valence-electron chi connectivity index (χ1n) is 9.33. The maximum atomic E-state index is 12.5. The Kier molecular flexibility index (Phi) is 5.11. The van der Waals surface area contributed by atoms with E-state index < -0.39 is 0 Å². The summed E-state index contributed by atoms with van der Waals surface area (Å²) in [6, 6.07) is 11.7. The Labute approximate surface area is 163 Å². The number of aliphatic hydroxyl groups excluding tert-OH is 1. The van der Waals surface area contributed by atoms with E-state index in [1.807, 2.05) is 36.4 Å². The summed E-state index contributed by atoms with van der Waals surface area (Å²) >= 11 is 0. The Hall–Kier alpha value is -2.77. The monoisotopic (exact) mass is 381 g/mol. The van der Waals surface area contributed by atoms with Gasteiger partial charge >= 0.3 is 0 Å². The van der Waals surface area contributed by atoms with Gasteiger partial charge < -0.3 is 19.6 Å². The first-order valence-corrected chi connectivity index (χ1v) is 9.33. The molecule has 0 spiro atoms. The first-order chi connectivity index (χ1) is 13.6. The average Bonchev–Trinajstić information content (AvgIpc) is 2.71. The van der Waals surface area contributed by atoms with Gasteiger partial charge in [0.25, 0.3) is 0 Å². The highest BCUT2D eigenvalue weighted by Gasteiger charge is 2.54. The fourth-order valence-electron chi connectivity index (χ4n) is 4.35. The van der Waals surface area contributed by atoms with Crippen LogP contribution in [-0.4, -0.2) is 77.2 Å². The summed E-state index contributed by atoms with van der Waals surface area (Å²) in [7, 11) is 1.47. The Bertz CT molecular complexity index is 856. The summed E-state index contributed by atoms with van der Waals surface area (Å²) in [6.45, 7) is 0.379. The van der Waals surface area contributed by atoms with Crippen molar-refractivity contribution >= 4 is 11.8 Å². The van der Waals surface area contributed by atoms with Crippen molar-refractivity contribution in [2.75, 3.05) is 33.4 Å². The summed E-state index contributed by atoms with van der Waals surface area (Å²) in [5, 5.41) is 9.86. The van der Waals surface area contributed by atoms with Gasteiger partial charge in [0.05, 0.1) is 25.2 Å². The predicted octanol–water partition coefficient (Wildman–Crippen LogP) is 0.893. The number of aliphatic hydroxyl groups is 1. The van der Waals surface area contributed by atoms with Gasteiger partial charge in [-0.15, -0.1) is 0 Å². The van der Waals surface area contributed by atoms with Gasteiger partial charge in [0.15, 0.2) is 0 Å². The quantitative estimate of drug-likeness (QED) is 0.832. The third-order valence-corrected chi connectivity index (χ3v) is 5.68. The fourth-order valence-corrected chi connectivity index (χ4v) is 4.35. The van der Waals surface area contributed by atoms with Crippen LogP contribution in [0.2, 0.25) is 0 Å². The third-order valence-electron chi connectivity index (χ3n) is 5.68. The third kappa shape index (κ3) is 3.16. The number of hydrogen-bond acceptors (Lipinski definition) is 5. The van der Waals surface area contributed by atoms with Crippen LogP contribution in [0.1, 0.15) is 11.5 Å². The molecular formula is C21H23N3O4. The van der Waals surface area contributed by atoms with E-state index >= 15 is 0 Å². The molecule has 2 aliphatic rings. The minimum absolute atomic E-state index is 0.00131. The van der Waals surface area contributed by atoms with E-state index in [4.69, 9.17) is 4.74 Å². The number of benzene rings is 1. The summed E-state index contributed by atoms with van der Waals surface area (Å²) in [4.78, 5) is 32.1. The Morgan fingerprint density at radius 3 is 2.50 bits per heavy atom. The molecule has 4 rings (SSSR count). The number of carbonyl (C=O) groups is 2. The van der Waals surface area contributed by atoms with Gasteiger partial charge in [-0.25, -0.2) is 0 Å². The van der Waals surface area contributed by atoms with Crippen LogP contribution in [0, 0.1) is 0 Å². The van der Waals surface area contributed by atoms with Crippen molar-refractivity contribution in [2.24, 2.45) is 0 Å². The number of pyridine rings is 1. The topological polar surface area (TPSA) is 83.0 Å². The van der Waals surface area contributed by atoms with Crippen molar-refractivity contribution in [1.29, 1.82) is 0 Å². The molecule has 2 aliphatic heterocycles. The van der Waals surface area contributed by atoms with Gasteiger partial charge in [0.2, 0.25) is 11.8 Å². The lowest BCUT2D eigenvalue weighted by Crippen LogP contribution is -2.73. The number of amides is 2. The van der Waals surface area contributed by atoms with Crippen LogP contribution in [0.5, 0.6) is 0 Å². The van der Waals surface area contributed by atoms with E-state index in [2.05, 4.69) is 4.98 Å². The molecule has 2 amide bonds. The number of rotatable bonds is 5. The van der Waals surface area contributed by atoms with Crippen molar-refractivity contribution in [3.63, 3.8) is 0 Å². The van der Waals surface area contributed by atoms with Gasteiger partial charge in [0, 0.05) is 32.0 Å². The minimum Gasteiger partial charge on any atom is -0.394 e. The van der Waals surface area contributed by atoms with E-state index in [-0.39, 0.29) is 49.6 Å². The molecule has 2 aromatic rings. The van der Waals surface area contributed by atoms with E-state index in [0.717, 1.165) is 16.7 Å². The molecule has 0 radical (unpaired) electrons. The van der Waals surface area contributed by atoms with Gasteiger partial charge in [-0.3, -0.25) is 14.6 Å². The van der Waals surface area contributed by atoms with Gasteiger partial charge in [-0.05, 0) is 28.8 Å². The van der Waals surface area contributed by atoms with Crippen molar-refractivity contribution in [1.82, 2.24) is 14.8 Å². The van der Waals surface area contributed by atoms with Crippen LogP contribution in [0.15, 0.2) is 48.8 Å². The maximum absolute atomic E-state index is 12.5. The molecule has 1 aromatic carbocycles. The smallest absolute Gasteiger partial charge is 0.249 e. The second kappa shape index (κ2) is 7.69. The minimum atomic E-state index is -0.246. The number of ether oxygens (including phenoxy) is 1. The van der Waals surface area contributed by atoms with E-state index in [1.165, 1.54) is 7.11 Å². The molecule has 0 aliphatic carbocycles. The van der Waals surface area contributed by atoms with Crippen LogP contribution < -0.4 is 0 Å². The number of hydrogen-bond donors (Lipinski definition) is 1. The first kappa shape index (κ1) is 18.6. The van der Waals surface area contributed by atoms with Crippen LogP contribution in [0.3, 0.4) is 0 Å². The Morgan fingerprint density at radius 2 is 1.86 bits per heavy atom. The van der Waals surface area contributed by atoms with Gasteiger partial charge in [0.1, 0.15) is 6.61 Å². The molecule has 0 saturated carbocycles. The molecular weight excluding hydrogens is 358 g/mol. The lowest BCUT2D eigenvalue weighted by Gasteiger charge is -2.58. The molecule has 3 heterocycles. The van der Waals surface area contributed by atoms with Gasteiger partial charge in [-0.1, -0.05) is 24.3 Å². The number of methoxy groups -OCH3 is 1. The maximum Gasteiger partial charge on any atom is 0.249 e. The normalized spacial score (nSPS) is 23.9. The summed E-state index contributed by atoms with van der Waals surface area (Å²) < 4.78 is 4.92. The number of carbonyl (C=O) groups excluding carboxylic acids is 2. The molecule has 2 fully saturated rings. The Balaban J connectivity index is 1.56. The molecule has 7 nitrogen and oxygen atoms in total.